The van der Waals surface area contributed by atoms with Crippen LogP contribution in [0.4, 0.5) is 0 Å². The molecular formula is C10H9ClN2O3S. The number of halogens is 1. The van der Waals surface area contributed by atoms with Gasteiger partial charge in [0.1, 0.15) is 11.0 Å². The third-order valence-corrected chi connectivity index (χ3v) is 3.38. The molecule has 17 heavy (non-hydrogen) atoms. The molecule has 0 saturated carbocycles. The Morgan fingerprint density at radius 3 is 2.41 bits per heavy atom. The number of hydrogen-bond acceptors (Lipinski definition) is 4. The summed E-state index contributed by atoms with van der Waals surface area (Å²) in [6, 6.07) is 5.45. The van der Waals surface area contributed by atoms with Crippen molar-refractivity contribution in [3.63, 3.8) is 0 Å². The lowest BCUT2D eigenvalue weighted by Gasteiger charge is -2.11. The topological polar surface area (TPSA) is 78.2 Å². The first-order valence-electron chi connectivity index (χ1n) is 4.48. The molecule has 0 aliphatic carbocycles. The van der Waals surface area contributed by atoms with Crippen LogP contribution in [0.25, 0.3) is 0 Å². The van der Waals surface area contributed by atoms with Gasteiger partial charge in [-0.1, -0.05) is 0 Å². The molecule has 0 spiro atoms. The third kappa shape index (κ3) is 2.96. The molecule has 90 valence electrons. The number of hydrogen-bond donors (Lipinski definition) is 0. The summed E-state index contributed by atoms with van der Waals surface area (Å²) in [5, 5.41) is 8.75. The summed E-state index contributed by atoms with van der Waals surface area (Å²) in [7, 11) is 4.22. The van der Waals surface area contributed by atoms with E-state index in [4.69, 9.17) is 15.9 Å². The average Bonchev–Trinajstić information content (AvgIpc) is 2.25. The van der Waals surface area contributed by atoms with E-state index in [9.17, 15) is 13.2 Å². The zero-order valence-electron chi connectivity index (χ0n) is 9.14. The van der Waals surface area contributed by atoms with Gasteiger partial charge in [0.2, 0.25) is 0 Å². The Balaban J connectivity index is 3.45. The van der Waals surface area contributed by atoms with Crippen molar-refractivity contribution < 1.29 is 13.2 Å². The minimum atomic E-state index is -4.05. The Morgan fingerprint density at radius 1 is 1.41 bits per heavy atom. The Hall–Kier alpha value is -1.58. The molecule has 0 atom stereocenters. The van der Waals surface area contributed by atoms with Gasteiger partial charge in [-0.15, -0.1) is 0 Å². The molecule has 0 saturated heterocycles. The first-order chi connectivity index (χ1) is 7.77. The number of nitriles is 1. The number of nitrogens with zero attached hydrogens (tertiary/aromatic N) is 2. The fourth-order valence-electron chi connectivity index (χ4n) is 1.21. The Labute approximate surface area is 104 Å². The summed E-state index contributed by atoms with van der Waals surface area (Å²) in [6.45, 7) is 0. The molecule has 1 rings (SSSR count). The lowest BCUT2D eigenvalue weighted by atomic mass is 10.1. The summed E-state index contributed by atoms with van der Waals surface area (Å²) >= 11 is 0. The van der Waals surface area contributed by atoms with Gasteiger partial charge in [0.15, 0.2) is 0 Å². The van der Waals surface area contributed by atoms with Crippen molar-refractivity contribution in [3.05, 3.63) is 29.3 Å². The maximum absolute atomic E-state index is 11.6. The molecule has 7 heteroatoms. The second-order valence-corrected chi connectivity index (χ2v) is 5.99. The van der Waals surface area contributed by atoms with Crippen LogP contribution < -0.4 is 0 Å². The predicted octanol–water partition coefficient (Wildman–Crippen LogP) is 1.19. The van der Waals surface area contributed by atoms with E-state index in [1.807, 2.05) is 0 Å². The summed E-state index contributed by atoms with van der Waals surface area (Å²) < 4.78 is 22.5. The van der Waals surface area contributed by atoms with Gasteiger partial charge in [0.05, 0.1) is 5.56 Å². The predicted molar refractivity (Wildman–Crippen MR) is 62.2 cm³/mol. The highest BCUT2D eigenvalue weighted by atomic mass is 35.7. The van der Waals surface area contributed by atoms with E-state index in [0.717, 1.165) is 6.07 Å². The van der Waals surface area contributed by atoms with Crippen molar-refractivity contribution in [2.45, 2.75) is 4.90 Å². The number of amides is 1. The van der Waals surface area contributed by atoms with Gasteiger partial charge in [-0.3, -0.25) is 4.79 Å². The van der Waals surface area contributed by atoms with Crippen molar-refractivity contribution in [3.8, 4) is 6.07 Å². The summed E-state index contributed by atoms with van der Waals surface area (Å²) in [4.78, 5) is 12.6. The van der Waals surface area contributed by atoms with Crippen molar-refractivity contribution in [2.75, 3.05) is 14.1 Å². The Kier molecular flexibility index (Phi) is 3.76. The van der Waals surface area contributed by atoms with Crippen LogP contribution in [0.2, 0.25) is 0 Å². The van der Waals surface area contributed by atoms with E-state index < -0.39 is 9.05 Å². The first-order valence-corrected chi connectivity index (χ1v) is 6.78. The van der Waals surface area contributed by atoms with E-state index in [1.165, 1.54) is 31.1 Å². The van der Waals surface area contributed by atoms with Crippen LogP contribution in [-0.4, -0.2) is 33.3 Å². The van der Waals surface area contributed by atoms with Gasteiger partial charge in [0.25, 0.3) is 15.0 Å². The molecule has 0 aliphatic heterocycles. The molecule has 0 N–H and O–H groups in total. The minimum absolute atomic E-state index is 0.0877. The second kappa shape index (κ2) is 4.73. The number of carbonyl (C=O) groups excluding carboxylic acids is 1. The molecule has 0 aliphatic rings. The fraction of sp³-hybridized carbons (Fsp3) is 0.200. The molecule has 0 unspecified atom stereocenters. The standard InChI is InChI=1S/C10H9ClN2O3S/c1-13(2)10(14)7-3-4-8(6-12)9(5-7)17(11,15)16/h3-5H,1-2H3. The molecule has 0 radical (unpaired) electrons. The van der Waals surface area contributed by atoms with Crippen LogP contribution in [0.15, 0.2) is 23.1 Å². The van der Waals surface area contributed by atoms with Gasteiger partial charge < -0.3 is 4.90 Å². The fourth-order valence-corrected chi connectivity index (χ4v) is 2.23. The quantitative estimate of drug-likeness (QED) is 0.758. The van der Waals surface area contributed by atoms with Crippen LogP contribution in [-0.2, 0) is 9.05 Å². The van der Waals surface area contributed by atoms with E-state index in [1.54, 1.807) is 6.07 Å². The monoisotopic (exact) mass is 272 g/mol. The lowest BCUT2D eigenvalue weighted by Crippen LogP contribution is -2.21. The van der Waals surface area contributed by atoms with Gasteiger partial charge in [0, 0.05) is 30.3 Å². The van der Waals surface area contributed by atoms with Crippen LogP contribution in [0, 0.1) is 11.3 Å². The SMILES string of the molecule is CN(C)C(=O)c1ccc(C#N)c(S(=O)(=O)Cl)c1. The highest BCUT2D eigenvalue weighted by molar-refractivity contribution is 8.13. The number of rotatable bonds is 2. The van der Waals surface area contributed by atoms with E-state index in [-0.39, 0.29) is 21.9 Å². The Morgan fingerprint density at radius 2 is 2.00 bits per heavy atom. The van der Waals surface area contributed by atoms with Gasteiger partial charge in [-0.25, -0.2) is 8.42 Å². The molecular weight excluding hydrogens is 264 g/mol. The molecule has 0 bridgehead atoms. The average molecular weight is 273 g/mol. The molecule has 0 aromatic heterocycles. The maximum Gasteiger partial charge on any atom is 0.262 e. The minimum Gasteiger partial charge on any atom is -0.345 e. The zero-order chi connectivity index (χ0) is 13.2. The second-order valence-electron chi connectivity index (χ2n) is 3.46. The maximum atomic E-state index is 11.6. The largest absolute Gasteiger partial charge is 0.345 e. The van der Waals surface area contributed by atoms with Crippen LogP contribution in [0.3, 0.4) is 0 Å². The summed E-state index contributed by atoms with van der Waals surface area (Å²) in [5.74, 6) is -0.365. The lowest BCUT2D eigenvalue weighted by molar-refractivity contribution is 0.0827. The van der Waals surface area contributed by atoms with Crippen molar-refractivity contribution in [2.24, 2.45) is 0 Å². The van der Waals surface area contributed by atoms with Crippen molar-refractivity contribution in [1.82, 2.24) is 4.90 Å². The smallest absolute Gasteiger partial charge is 0.262 e. The van der Waals surface area contributed by atoms with Crippen molar-refractivity contribution in [1.29, 1.82) is 5.26 Å². The van der Waals surface area contributed by atoms with Crippen LogP contribution in [0.5, 0.6) is 0 Å². The summed E-state index contributed by atoms with van der Waals surface area (Å²) in [5.41, 5.74) is 0.0727. The zero-order valence-corrected chi connectivity index (χ0v) is 10.7. The molecule has 5 nitrogen and oxygen atoms in total. The molecule has 1 aromatic carbocycles. The molecule has 0 heterocycles. The highest BCUT2D eigenvalue weighted by Crippen LogP contribution is 2.21. The summed E-state index contributed by atoms with van der Waals surface area (Å²) in [6.07, 6.45) is 0. The number of benzene rings is 1. The molecule has 0 fully saturated rings. The number of carbonyl (C=O) groups is 1. The van der Waals surface area contributed by atoms with Crippen LogP contribution >= 0.6 is 10.7 Å². The van der Waals surface area contributed by atoms with E-state index >= 15 is 0 Å². The third-order valence-electron chi connectivity index (χ3n) is 2.02. The van der Waals surface area contributed by atoms with Gasteiger partial charge in [-0.2, -0.15) is 5.26 Å². The Bertz CT molecular complexity index is 602. The van der Waals surface area contributed by atoms with Crippen molar-refractivity contribution >= 4 is 25.6 Å². The van der Waals surface area contributed by atoms with E-state index in [2.05, 4.69) is 0 Å². The highest BCUT2D eigenvalue weighted by Gasteiger charge is 2.19. The molecule has 1 aromatic rings. The molecule has 1 amide bonds. The normalized spacial score (nSPS) is 10.7. The van der Waals surface area contributed by atoms with Crippen LogP contribution in [0.1, 0.15) is 15.9 Å². The van der Waals surface area contributed by atoms with Gasteiger partial charge in [-0.05, 0) is 18.2 Å². The van der Waals surface area contributed by atoms with E-state index in [0.29, 0.717) is 0 Å². The van der Waals surface area contributed by atoms with Gasteiger partial charge >= 0.3 is 0 Å². The first kappa shape index (κ1) is 13.5.